The van der Waals surface area contributed by atoms with Gasteiger partial charge < -0.3 is 15.2 Å². The Hall–Kier alpha value is -1.26. The minimum atomic E-state index is 0.171. The van der Waals surface area contributed by atoms with Crippen molar-refractivity contribution in [2.45, 2.75) is 44.8 Å². The van der Waals surface area contributed by atoms with Crippen molar-refractivity contribution >= 4 is 0 Å². The maximum Gasteiger partial charge on any atom is 0.161 e. The minimum Gasteiger partial charge on any atom is -0.493 e. The molecule has 0 spiro atoms. The smallest absolute Gasteiger partial charge is 0.161 e. The zero-order chi connectivity index (χ0) is 14.7. The molecule has 2 N–H and O–H groups in total. The van der Waals surface area contributed by atoms with Crippen molar-refractivity contribution in [3.63, 3.8) is 0 Å². The molecule has 0 bridgehead atoms. The summed E-state index contributed by atoms with van der Waals surface area (Å²) >= 11 is 0. The van der Waals surface area contributed by atoms with Crippen molar-refractivity contribution in [2.75, 3.05) is 20.8 Å². The summed E-state index contributed by atoms with van der Waals surface area (Å²) in [5.74, 6) is 1.53. The van der Waals surface area contributed by atoms with Gasteiger partial charge in [0.05, 0.1) is 20.3 Å². The van der Waals surface area contributed by atoms with Gasteiger partial charge in [0.25, 0.3) is 0 Å². The van der Waals surface area contributed by atoms with Gasteiger partial charge in [0.1, 0.15) is 0 Å². The topological polar surface area (TPSA) is 47.7 Å². The zero-order valence-electron chi connectivity index (χ0n) is 12.9. The second kappa shape index (κ2) is 6.46. The highest BCUT2D eigenvalue weighted by Crippen LogP contribution is 2.36. The Morgan fingerprint density at radius 1 is 1.20 bits per heavy atom. The maximum atomic E-state index is 6.39. The van der Waals surface area contributed by atoms with E-state index in [0.717, 1.165) is 24.5 Å². The van der Waals surface area contributed by atoms with Crippen LogP contribution in [0.25, 0.3) is 0 Å². The highest BCUT2D eigenvalue weighted by atomic mass is 16.5. The molecule has 0 aliphatic carbocycles. The third kappa shape index (κ3) is 2.91. The molecule has 1 aliphatic rings. The van der Waals surface area contributed by atoms with Crippen molar-refractivity contribution in [1.29, 1.82) is 0 Å². The summed E-state index contributed by atoms with van der Waals surface area (Å²) in [6.45, 7) is 5.56. The Kier molecular flexibility index (Phi) is 4.89. The summed E-state index contributed by atoms with van der Waals surface area (Å²) in [6.07, 6.45) is 2.24. The van der Waals surface area contributed by atoms with Gasteiger partial charge in [0, 0.05) is 12.1 Å². The van der Waals surface area contributed by atoms with E-state index in [4.69, 9.17) is 15.2 Å². The molecule has 1 saturated heterocycles. The second-order valence-electron chi connectivity index (χ2n) is 5.70. The van der Waals surface area contributed by atoms with E-state index in [9.17, 15) is 0 Å². The molecule has 1 aliphatic heterocycles. The Morgan fingerprint density at radius 2 is 1.90 bits per heavy atom. The van der Waals surface area contributed by atoms with Crippen molar-refractivity contribution < 1.29 is 9.47 Å². The minimum absolute atomic E-state index is 0.171. The van der Waals surface area contributed by atoms with E-state index >= 15 is 0 Å². The number of rotatable bonds is 4. The first kappa shape index (κ1) is 15.1. The van der Waals surface area contributed by atoms with Crippen molar-refractivity contribution in [3.8, 4) is 11.5 Å². The third-order valence-corrected chi connectivity index (χ3v) is 4.13. The molecule has 1 aromatic carbocycles. The number of piperidine rings is 1. The van der Waals surface area contributed by atoms with Gasteiger partial charge in [-0.3, -0.25) is 4.90 Å². The van der Waals surface area contributed by atoms with E-state index in [0.29, 0.717) is 6.04 Å². The molecule has 1 heterocycles. The molecule has 0 amide bonds. The highest BCUT2D eigenvalue weighted by Gasteiger charge is 2.32. The molecule has 20 heavy (non-hydrogen) atoms. The number of hydrogen-bond acceptors (Lipinski definition) is 4. The highest BCUT2D eigenvalue weighted by molar-refractivity contribution is 5.44. The Bertz CT molecular complexity index is 448. The van der Waals surface area contributed by atoms with Crippen LogP contribution < -0.4 is 15.2 Å². The lowest BCUT2D eigenvalue weighted by Gasteiger charge is -2.42. The predicted octanol–water partition coefficient (Wildman–Crippen LogP) is 2.58. The van der Waals surface area contributed by atoms with Gasteiger partial charge in [-0.05, 0) is 50.9 Å². The quantitative estimate of drug-likeness (QED) is 0.919. The van der Waals surface area contributed by atoms with Gasteiger partial charge in [0.15, 0.2) is 11.5 Å². The summed E-state index contributed by atoms with van der Waals surface area (Å²) in [7, 11) is 3.33. The van der Waals surface area contributed by atoms with Gasteiger partial charge in [-0.1, -0.05) is 6.07 Å². The van der Waals surface area contributed by atoms with Crippen LogP contribution >= 0.6 is 0 Å². The van der Waals surface area contributed by atoms with E-state index in [1.165, 1.54) is 12.0 Å². The Morgan fingerprint density at radius 3 is 2.50 bits per heavy atom. The molecule has 1 fully saturated rings. The molecule has 2 rings (SSSR count). The molecule has 1 aromatic rings. The number of nitrogens with zero attached hydrogens (tertiary/aromatic N) is 1. The van der Waals surface area contributed by atoms with Crippen LogP contribution in [0.2, 0.25) is 0 Å². The fraction of sp³-hybridized carbons (Fsp3) is 0.625. The lowest BCUT2D eigenvalue weighted by Crippen LogP contribution is -2.48. The van der Waals surface area contributed by atoms with Crippen LogP contribution in [0.3, 0.4) is 0 Å². The van der Waals surface area contributed by atoms with Crippen LogP contribution in [-0.2, 0) is 0 Å². The third-order valence-electron chi connectivity index (χ3n) is 4.13. The number of likely N-dealkylation sites (tertiary alicyclic amines) is 1. The van der Waals surface area contributed by atoms with Crippen LogP contribution in [0.1, 0.15) is 38.3 Å². The molecule has 0 radical (unpaired) electrons. The van der Waals surface area contributed by atoms with E-state index in [1.54, 1.807) is 14.2 Å². The van der Waals surface area contributed by atoms with Gasteiger partial charge in [-0.2, -0.15) is 0 Å². The van der Waals surface area contributed by atoms with Crippen LogP contribution in [0.5, 0.6) is 11.5 Å². The summed E-state index contributed by atoms with van der Waals surface area (Å²) < 4.78 is 10.7. The largest absolute Gasteiger partial charge is 0.493 e. The number of ether oxygens (including phenoxy) is 2. The standard InChI is InChI=1S/C16H26N2O2/c1-11(2)18-9-5-6-13(17)16(18)12-7-8-14(19-3)15(10-12)20-4/h7-8,10-11,13,16H,5-6,9,17H2,1-4H3. The van der Waals surface area contributed by atoms with Gasteiger partial charge in [0.2, 0.25) is 0 Å². The van der Waals surface area contributed by atoms with Gasteiger partial charge in [-0.25, -0.2) is 0 Å². The molecule has 112 valence electrons. The molecule has 0 aromatic heterocycles. The van der Waals surface area contributed by atoms with E-state index < -0.39 is 0 Å². The molecular weight excluding hydrogens is 252 g/mol. The number of methoxy groups -OCH3 is 2. The average Bonchev–Trinajstić information content (AvgIpc) is 2.46. The lowest BCUT2D eigenvalue weighted by molar-refractivity contribution is 0.0945. The molecule has 0 saturated carbocycles. The lowest BCUT2D eigenvalue weighted by atomic mass is 9.89. The van der Waals surface area contributed by atoms with Gasteiger partial charge >= 0.3 is 0 Å². The van der Waals surface area contributed by atoms with E-state index in [2.05, 4.69) is 30.9 Å². The molecular formula is C16H26N2O2. The fourth-order valence-corrected chi connectivity index (χ4v) is 3.11. The van der Waals surface area contributed by atoms with Crippen LogP contribution in [-0.4, -0.2) is 37.7 Å². The van der Waals surface area contributed by atoms with E-state index in [1.807, 2.05) is 6.07 Å². The zero-order valence-corrected chi connectivity index (χ0v) is 12.9. The van der Waals surface area contributed by atoms with Crippen molar-refractivity contribution in [3.05, 3.63) is 23.8 Å². The van der Waals surface area contributed by atoms with Crippen LogP contribution in [0.4, 0.5) is 0 Å². The Balaban J connectivity index is 2.36. The van der Waals surface area contributed by atoms with Crippen LogP contribution in [0, 0.1) is 0 Å². The summed E-state index contributed by atoms with van der Waals surface area (Å²) in [6, 6.07) is 7.04. The average molecular weight is 278 g/mol. The maximum absolute atomic E-state index is 6.39. The molecule has 4 nitrogen and oxygen atoms in total. The SMILES string of the molecule is COc1ccc(C2C(N)CCCN2C(C)C)cc1OC. The summed E-state index contributed by atoms with van der Waals surface area (Å²) in [5, 5.41) is 0. The summed E-state index contributed by atoms with van der Waals surface area (Å²) in [5.41, 5.74) is 7.60. The second-order valence-corrected chi connectivity index (χ2v) is 5.70. The van der Waals surface area contributed by atoms with Gasteiger partial charge in [-0.15, -0.1) is 0 Å². The van der Waals surface area contributed by atoms with E-state index in [-0.39, 0.29) is 12.1 Å². The monoisotopic (exact) mass is 278 g/mol. The summed E-state index contributed by atoms with van der Waals surface area (Å²) in [4.78, 5) is 2.48. The number of benzene rings is 1. The first-order valence-electron chi connectivity index (χ1n) is 7.31. The first-order chi connectivity index (χ1) is 9.58. The number of hydrogen-bond donors (Lipinski definition) is 1. The normalized spacial score (nSPS) is 23.9. The first-order valence-corrected chi connectivity index (χ1v) is 7.31. The predicted molar refractivity (Wildman–Crippen MR) is 81.3 cm³/mol. The van der Waals surface area contributed by atoms with Crippen LogP contribution in [0.15, 0.2) is 18.2 Å². The van der Waals surface area contributed by atoms with Crippen molar-refractivity contribution in [2.24, 2.45) is 5.73 Å². The molecule has 2 atom stereocenters. The molecule has 2 unspecified atom stereocenters. The fourth-order valence-electron chi connectivity index (χ4n) is 3.11. The molecule has 4 heteroatoms. The van der Waals surface area contributed by atoms with Crippen molar-refractivity contribution in [1.82, 2.24) is 4.90 Å². The number of nitrogens with two attached hydrogens (primary N) is 1. The Labute approximate surface area is 121 Å².